The molecule has 0 aliphatic rings. The summed E-state index contributed by atoms with van der Waals surface area (Å²) in [6, 6.07) is 5.76. The molecule has 3 rings (SSSR count). The van der Waals surface area contributed by atoms with Gasteiger partial charge in [0.05, 0.1) is 23.5 Å². The predicted octanol–water partition coefficient (Wildman–Crippen LogP) is 0.739. The van der Waals surface area contributed by atoms with Gasteiger partial charge in [0, 0.05) is 31.4 Å². The second-order valence-electron chi connectivity index (χ2n) is 4.23. The van der Waals surface area contributed by atoms with Crippen molar-refractivity contribution in [3.8, 4) is 0 Å². The van der Waals surface area contributed by atoms with Crippen LogP contribution in [0.1, 0.15) is 17.4 Å². The molecule has 92 valence electrons. The molecule has 1 unspecified atom stereocenters. The van der Waals surface area contributed by atoms with Crippen molar-refractivity contribution in [3.05, 3.63) is 48.0 Å². The zero-order chi connectivity index (χ0) is 12.5. The van der Waals surface area contributed by atoms with Crippen molar-refractivity contribution >= 4 is 5.52 Å². The minimum Gasteiger partial charge on any atom is -0.388 e. The van der Waals surface area contributed by atoms with Crippen molar-refractivity contribution < 1.29 is 5.11 Å². The number of pyridine rings is 1. The summed E-state index contributed by atoms with van der Waals surface area (Å²) < 4.78 is 3.37. The van der Waals surface area contributed by atoms with Gasteiger partial charge in [0.2, 0.25) is 0 Å². The molecule has 3 heterocycles. The number of nitrogens with zero attached hydrogens (tertiary/aromatic N) is 5. The summed E-state index contributed by atoms with van der Waals surface area (Å²) in [5, 5.41) is 22.3. The van der Waals surface area contributed by atoms with Gasteiger partial charge < -0.3 is 5.11 Å². The molecular formula is C12H13N5O. The number of aliphatic hydroxyl groups excluding tert-OH is 1. The molecule has 1 atom stereocenters. The van der Waals surface area contributed by atoms with E-state index in [2.05, 4.69) is 15.4 Å². The zero-order valence-electron chi connectivity index (χ0n) is 9.93. The third kappa shape index (κ3) is 1.86. The highest BCUT2D eigenvalue weighted by molar-refractivity contribution is 5.54. The van der Waals surface area contributed by atoms with E-state index in [4.69, 9.17) is 0 Å². The van der Waals surface area contributed by atoms with Crippen LogP contribution < -0.4 is 0 Å². The Morgan fingerprint density at radius 1 is 1.39 bits per heavy atom. The predicted molar refractivity (Wildman–Crippen MR) is 64.9 cm³/mol. The van der Waals surface area contributed by atoms with E-state index in [-0.39, 0.29) is 0 Å². The third-order valence-electron chi connectivity index (χ3n) is 2.87. The van der Waals surface area contributed by atoms with Crippen LogP contribution in [0.2, 0.25) is 0 Å². The number of aliphatic hydroxyl groups is 1. The minimum absolute atomic E-state index is 0.435. The Bertz CT molecular complexity index is 672. The highest BCUT2D eigenvalue weighted by Gasteiger charge is 2.15. The van der Waals surface area contributed by atoms with E-state index < -0.39 is 6.10 Å². The minimum atomic E-state index is -0.624. The lowest BCUT2D eigenvalue weighted by Gasteiger charge is -2.06. The molecule has 3 aromatic heterocycles. The van der Waals surface area contributed by atoms with Gasteiger partial charge in [-0.1, -0.05) is 11.3 Å². The van der Waals surface area contributed by atoms with Crippen molar-refractivity contribution in [3.63, 3.8) is 0 Å². The topological polar surface area (TPSA) is 68.2 Å². The van der Waals surface area contributed by atoms with Crippen LogP contribution in [0.3, 0.4) is 0 Å². The van der Waals surface area contributed by atoms with Gasteiger partial charge in [-0.2, -0.15) is 5.10 Å². The SMILES string of the molecule is Cn1cc(CC(O)c2cnn3ccccc23)nn1. The van der Waals surface area contributed by atoms with Crippen LogP contribution in [0.4, 0.5) is 0 Å². The van der Waals surface area contributed by atoms with Gasteiger partial charge in [0.25, 0.3) is 0 Å². The van der Waals surface area contributed by atoms with Crippen molar-refractivity contribution in [1.29, 1.82) is 0 Å². The first kappa shape index (κ1) is 10.9. The van der Waals surface area contributed by atoms with Crippen LogP contribution in [-0.4, -0.2) is 29.7 Å². The van der Waals surface area contributed by atoms with Crippen LogP contribution >= 0.6 is 0 Å². The Balaban J connectivity index is 1.90. The lowest BCUT2D eigenvalue weighted by molar-refractivity contribution is 0.178. The van der Waals surface area contributed by atoms with Crippen LogP contribution in [0.25, 0.3) is 5.52 Å². The Hall–Kier alpha value is -2.21. The number of aryl methyl sites for hydroxylation is 1. The van der Waals surface area contributed by atoms with E-state index in [1.165, 1.54) is 0 Å². The van der Waals surface area contributed by atoms with E-state index in [0.717, 1.165) is 16.8 Å². The number of fused-ring (bicyclic) bond motifs is 1. The first-order valence-corrected chi connectivity index (χ1v) is 5.69. The quantitative estimate of drug-likeness (QED) is 0.736. The van der Waals surface area contributed by atoms with Crippen LogP contribution in [0.5, 0.6) is 0 Å². The molecule has 0 bridgehead atoms. The molecule has 0 aliphatic heterocycles. The fourth-order valence-electron chi connectivity index (χ4n) is 2.01. The normalized spacial score (nSPS) is 13.0. The summed E-state index contributed by atoms with van der Waals surface area (Å²) in [4.78, 5) is 0. The van der Waals surface area contributed by atoms with E-state index >= 15 is 0 Å². The molecule has 6 nitrogen and oxygen atoms in total. The molecule has 0 saturated carbocycles. The second-order valence-corrected chi connectivity index (χ2v) is 4.23. The third-order valence-corrected chi connectivity index (χ3v) is 2.87. The van der Waals surface area contributed by atoms with Crippen molar-refractivity contribution in [2.45, 2.75) is 12.5 Å². The van der Waals surface area contributed by atoms with Crippen molar-refractivity contribution in [2.75, 3.05) is 0 Å². The van der Waals surface area contributed by atoms with Gasteiger partial charge in [-0.25, -0.2) is 4.52 Å². The molecule has 0 saturated heterocycles. The summed E-state index contributed by atoms with van der Waals surface area (Å²) in [5.41, 5.74) is 2.48. The Labute approximate surface area is 103 Å². The van der Waals surface area contributed by atoms with Gasteiger partial charge in [0.15, 0.2) is 0 Å². The average molecular weight is 243 g/mol. The van der Waals surface area contributed by atoms with E-state index in [0.29, 0.717) is 6.42 Å². The van der Waals surface area contributed by atoms with Gasteiger partial charge in [-0.05, 0) is 12.1 Å². The zero-order valence-corrected chi connectivity index (χ0v) is 9.93. The summed E-state index contributed by atoms with van der Waals surface area (Å²) in [6.45, 7) is 0. The fraction of sp³-hybridized carbons (Fsp3) is 0.250. The average Bonchev–Trinajstić information content (AvgIpc) is 2.95. The van der Waals surface area contributed by atoms with E-state index in [9.17, 15) is 5.11 Å². The first-order valence-electron chi connectivity index (χ1n) is 5.69. The molecule has 1 N–H and O–H groups in total. The molecule has 0 aliphatic carbocycles. The van der Waals surface area contributed by atoms with Crippen LogP contribution in [0.15, 0.2) is 36.8 Å². The molecule has 6 heteroatoms. The van der Waals surface area contributed by atoms with Gasteiger partial charge in [-0.3, -0.25) is 4.68 Å². The lowest BCUT2D eigenvalue weighted by atomic mass is 10.1. The summed E-state index contributed by atoms with van der Waals surface area (Å²) >= 11 is 0. The highest BCUT2D eigenvalue weighted by atomic mass is 16.3. The highest BCUT2D eigenvalue weighted by Crippen LogP contribution is 2.21. The molecule has 0 radical (unpaired) electrons. The molecule has 18 heavy (non-hydrogen) atoms. The van der Waals surface area contributed by atoms with Gasteiger partial charge in [-0.15, -0.1) is 5.10 Å². The van der Waals surface area contributed by atoms with Gasteiger partial charge >= 0.3 is 0 Å². The standard InChI is InChI=1S/C12H13N5O/c1-16-8-9(14-15-16)6-12(18)10-7-13-17-5-3-2-4-11(10)17/h2-5,7-8,12,18H,6H2,1H3. The maximum absolute atomic E-state index is 10.2. The number of aromatic nitrogens is 5. The number of hydrogen-bond donors (Lipinski definition) is 1. The van der Waals surface area contributed by atoms with E-state index in [1.54, 1.807) is 28.6 Å². The lowest BCUT2D eigenvalue weighted by Crippen LogP contribution is -2.02. The molecule has 0 amide bonds. The van der Waals surface area contributed by atoms with E-state index in [1.807, 2.05) is 24.4 Å². The van der Waals surface area contributed by atoms with Crippen LogP contribution in [-0.2, 0) is 13.5 Å². The Kier molecular flexibility index (Phi) is 2.56. The monoisotopic (exact) mass is 243 g/mol. The Morgan fingerprint density at radius 2 is 2.28 bits per heavy atom. The van der Waals surface area contributed by atoms with Crippen molar-refractivity contribution in [2.24, 2.45) is 7.05 Å². The second kappa shape index (κ2) is 4.23. The molecule has 3 aromatic rings. The number of hydrogen-bond acceptors (Lipinski definition) is 4. The molecule has 0 aromatic carbocycles. The maximum Gasteiger partial charge on any atom is 0.0883 e. The fourth-order valence-corrected chi connectivity index (χ4v) is 2.01. The number of rotatable bonds is 3. The maximum atomic E-state index is 10.2. The molecule has 0 fully saturated rings. The van der Waals surface area contributed by atoms with Crippen molar-refractivity contribution in [1.82, 2.24) is 24.6 Å². The summed E-state index contributed by atoms with van der Waals surface area (Å²) in [6.07, 6.45) is 5.16. The summed E-state index contributed by atoms with van der Waals surface area (Å²) in [5.74, 6) is 0. The summed E-state index contributed by atoms with van der Waals surface area (Å²) in [7, 11) is 1.80. The van der Waals surface area contributed by atoms with Crippen LogP contribution in [0, 0.1) is 0 Å². The smallest absolute Gasteiger partial charge is 0.0883 e. The first-order chi connectivity index (χ1) is 8.74. The Morgan fingerprint density at radius 3 is 3.06 bits per heavy atom. The molecule has 0 spiro atoms. The van der Waals surface area contributed by atoms with Gasteiger partial charge in [0.1, 0.15) is 0 Å². The largest absolute Gasteiger partial charge is 0.388 e. The molecular weight excluding hydrogens is 230 g/mol.